The molecule has 0 aliphatic carbocycles. The Bertz CT molecular complexity index is 896. The third-order valence-corrected chi connectivity index (χ3v) is 4.41. The molecular weight excluding hydrogens is 490 g/mol. The molecule has 0 saturated carbocycles. The van der Waals surface area contributed by atoms with Crippen molar-refractivity contribution in [2.45, 2.75) is 6.42 Å². The molecule has 9 nitrogen and oxygen atoms in total. The van der Waals surface area contributed by atoms with Crippen LogP contribution in [-0.4, -0.2) is 23.9 Å². The summed E-state index contributed by atoms with van der Waals surface area (Å²) >= 11 is 6.63. The van der Waals surface area contributed by atoms with Gasteiger partial charge in [-0.05, 0) is 56.1 Å². The lowest BCUT2D eigenvalue weighted by atomic mass is 10.2. The fourth-order valence-corrected chi connectivity index (χ4v) is 3.35. The van der Waals surface area contributed by atoms with Crippen LogP contribution in [0.3, 0.4) is 0 Å². The number of halogens is 2. The number of carbonyl (C=O) groups is 2. The van der Waals surface area contributed by atoms with Crippen molar-refractivity contribution < 1.29 is 24.0 Å². The van der Waals surface area contributed by atoms with Crippen LogP contribution in [-0.2, 0) is 14.3 Å². The van der Waals surface area contributed by atoms with Crippen molar-refractivity contribution in [1.29, 1.82) is 0 Å². The van der Waals surface area contributed by atoms with Gasteiger partial charge in [-0.15, -0.1) is 0 Å². The van der Waals surface area contributed by atoms with E-state index in [9.17, 15) is 19.7 Å². The Morgan fingerprint density at radius 3 is 2.41 bits per heavy atom. The van der Waals surface area contributed by atoms with E-state index in [0.717, 1.165) is 0 Å². The zero-order valence-corrected chi connectivity index (χ0v) is 17.0. The van der Waals surface area contributed by atoms with E-state index in [1.807, 2.05) is 0 Å². The number of anilines is 2. The normalized spacial score (nSPS) is 10.2. The van der Waals surface area contributed by atoms with Crippen LogP contribution in [0.4, 0.5) is 17.1 Å². The minimum absolute atomic E-state index is 0.0224. The number of nitrogens with one attached hydrogen (secondary N) is 1. The van der Waals surface area contributed by atoms with Gasteiger partial charge in [0, 0.05) is 5.69 Å². The van der Waals surface area contributed by atoms with Gasteiger partial charge < -0.3 is 20.5 Å². The van der Waals surface area contributed by atoms with Crippen molar-refractivity contribution in [3.8, 4) is 11.5 Å². The molecule has 0 unspecified atom stereocenters. The summed E-state index contributed by atoms with van der Waals surface area (Å²) in [6.45, 7) is 0. The van der Waals surface area contributed by atoms with E-state index < -0.39 is 23.2 Å². The minimum Gasteiger partial charge on any atom is -0.469 e. The first-order chi connectivity index (χ1) is 12.7. The fraction of sp³-hybridized carbons (Fsp3) is 0.125. The molecule has 0 aliphatic rings. The lowest BCUT2D eigenvalue weighted by Gasteiger charge is -2.13. The summed E-state index contributed by atoms with van der Waals surface area (Å²) in [4.78, 5) is 33.3. The first kappa shape index (κ1) is 20.6. The van der Waals surface area contributed by atoms with Gasteiger partial charge in [-0.2, -0.15) is 0 Å². The van der Waals surface area contributed by atoms with Crippen molar-refractivity contribution in [1.82, 2.24) is 0 Å². The molecule has 11 heteroatoms. The first-order valence-electron chi connectivity index (χ1n) is 7.28. The molecular formula is C16H13Br2N3O6. The number of nitrogens with zero attached hydrogens (tertiary/aromatic N) is 1. The number of hydrogen-bond acceptors (Lipinski definition) is 7. The van der Waals surface area contributed by atoms with E-state index in [0.29, 0.717) is 20.4 Å². The summed E-state index contributed by atoms with van der Waals surface area (Å²) < 4.78 is 11.0. The number of rotatable bonds is 6. The third-order valence-electron chi connectivity index (χ3n) is 3.23. The number of methoxy groups -OCH3 is 1. The minimum atomic E-state index is -0.657. The molecule has 0 heterocycles. The molecule has 27 heavy (non-hydrogen) atoms. The van der Waals surface area contributed by atoms with Crippen molar-refractivity contribution in [3.05, 3.63) is 49.4 Å². The van der Waals surface area contributed by atoms with Crippen LogP contribution in [0.15, 0.2) is 39.3 Å². The van der Waals surface area contributed by atoms with Gasteiger partial charge in [0.15, 0.2) is 5.75 Å². The van der Waals surface area contributed by atoms with E-state index in [4.69, 9.17) is 10.5 Å². The van der Waals surface area contributed by atoms with Crippen molar-refractivity contribution in [2.24, 2.45) is 0 Å². The number of esters is 1. The Balaban J connectivity index is 2.22. The molecule has 2 rings (SSSR count). The molecule has 2 aromatic rings. The SMILES string of the molecule is COC(=O)CC(=O)Nc1cc(Br)c(Oc2ccc(N)c([N+](=O)[O-])c2)c(Br)c1. The Morgan fingerprint density at radius 1 is 1.22 bits per heavy atom. The summed E-state index contributed by atoms with van der Waals surface area (Å²) in [5.74, 6) is -0.654. The summed E-state index contributed by atoms with van der Waals surface area (Å²) in [6, 6.07) is 7.19. The van der Waals surface area contributed by atoms with E-state index in [2.05, 4.69) is 41.9 Å². The maximum Gasteiger partial charge on any atom is 0.315 e. The average Bonchev–Trinajstić information content (AvgIpc) is 2.58. The molecule has 2 aromatic carbocycles. The smallest absolute Gasteiger partial charge is 0.315 e. The van der Waals surface area contributed by atoms with E-state index >= 15 is 0 Å². The quantitative estimate of drug-likeness (QED) is 0.200. The summed E-state index contributed by atoms with van der Waals surface area (Å²) in [7, 11) is 1.19. The predicted octanol–water partition coefficient (Wildman–Crippen LogP) is 4.00. The highest BCUT2D eigenvalue weighted by Gasteiger charge is 2.17. The van der Waals surface area contributed by atoms with E-state index in [1.54, 1.807) is 12.1 Å². The number of nitro groups is 1. The van der Waals surface area contributed by atoms with Crippen molar-refractivity contribution in [2.75, 3.05) is 18.2 Å². The molecule has 0 saturated heterocycles. The van der Waals surface area contributed by atoms with Crippen LogP contribution in [0.2, 0.25) is 0 Å². The second-order valence-electron chi connectivity index (χ2n) is 5.15. The molecule has 0 fully saturated rings. The summed E-state index contributed by atoms with van der Waals surface area (Å²) in [6.07, 6.45) is -0.418. The van der Waals surface area contributed by atoms with Gasteiger partial charge in [-0.1, -0.05) is 0 Å². The number of nitro benzene ring substituents is 1. The average molecular weight is 503 g/mol. The Kier molecular flexibility index (Phi) is 6.75. The van der Waals surface area contributed by atoms with E-state index in [-0.39, 0.29) is 17.1 Å². The van der Waals surface area contributed by atoms with Gasteiger partial charge in [0.25, 0.3) is 5.69 Å². The van der Waals surface area contributed by atoms with Crippen molar-refractivity contribution >= 4 is 60.8 Å². The molecule has 3 N–H and O–H groups in total. The van der Waals surface area contributed by atoms with Crippen LogP contribution in [0.1, 0.15) is 6.42 Å². The molecule has 0 atom stereocenters. The molecule has 0 aliphatic heterocycles. The van der Waals surface area contributed by atoms with Gasteiger partial charge in [0.1, 0.15) is 17.9 Å². The molecule has 0 aromatic heterocycles. The van der Waals surface area contributed by atoms with Crippen LogP contribution < -0.4 is 15.8 Å². The largest absolute Gasteiger partial charge is 0.469 e. The number of amides is 1. The number of benzene rings is 2. The van der Waals surface area contributed by atoms with Gasteiger partial charge in [0.05, 0.1) is 27.0 Å². The molecule has 0 radical (unpaired) electrons. The number of ether oxygens (including phenoxy) is 2. The van der Waals surface area contributed by atoms with E-state index in [1.165, 1.54) is 25.3 Å². The highest BCUT2D eigenvalue weighted by molar-refractivity contribution is 9.11. The molecule has 142 valence electrons. The zero-order valence-electron chi connectivity index (χ0n) is 13.8. The maximum absolute atomic E-state index is 11.8. The monoisotopic (exact) mass is 501 g/mol. The zero-order chi connectivity index (χ0) is 20.1. The lowest BCUT2D eigenvalue weighted by molar-refractivity contribution is -0.384. The number of nitrogen functional groups attached to an aromatic ring is 1. The molecule has 0 bridgehead atoms. The van der Waals surface area contributed by atoms with Crippen LogP contribution in [0.25, 0.3) is 0 Å². The third kappa shape index (κ3) is 5.41. The second kappa shape index (κ2) is 8.82. The van der Waals surface area contributed by atoms with Gasteiger partial charge in [0.2, 0.25) is 5.91 Å². The number of nitrogens with two attached hydrogens (primary N) is 1. The summed E-state index contributed by atoms with van der Waals surface area (Å²) in [5.41, 5.74) is 5.72. The van der Waals surface area contributed by atoms with Crippen LogP contribution in [0.5, 0.6) is 11.5 Å². The van der Waals surface area contributed by atoms with Gasteiger partial charge in [-0.25, -0.2) is 0 Å². The lowest BCUT2D eigenvalue weighted by Crippen LogP contribution is -2.17. The highest BCUT2D eigenvalue weighted by atomic mass is 79.9. The van der Waals surface area contributed by atoms with Crippen molar-refractivity contribution in [3.63, 3.8) is 0 Å². The Labute approximate surface area is 170 Å². The fourth-order valence-electron chi connectivity index (χ4n) is 2.00. The maximum atomic E-state index is 11.8. The van der Waals surface area contributed by atoms with Crippen LogP contribution >= 0.6 is 31.9 Å². The first-order valence-corrected chi connectivity index (χ1v) is 8.87. The highest BCUT2D eigenvalue weighted by Crippen LogP contribution is 2.40. The summed E-state index contributed by atoms with van der Waals surface area (Å²) in [5, 5.41) is 13.5. The van der Waals surface area contributed by atoms with Gasteiger partial charge >= 0.3 is 5.97 Å². The van der Waals surface area contributed by atoms with Gasteiger partial charge in [-0.3, -0.25) is 19.7 Å². The Morgan fingerprint density at radius 2 is 1.85 bits per heavy atom. The second-order valence-corrected chi connectivity index (χ2v) is 6.86. The Hall–Kier alpha value is -2.66. The number of hydrogen-bond donors (Lipinski definition) is 2. The standard InChI is InChI=1S/C16H13Br2N3O6/c1-26-15(23)7-14(22)20-8-4-10(17)16(11(18)5-8)27-9-2-3-12(19)13(6-9)21(24)25/h2-6H,7,19H2,1H3,(H,20,22). The number of carbonyl (C=O) groups excluding carboxylic acids is 2. The van der Waals surface area contributed by atoms with Crippen LogP contribution in [0, 0.1) is 10.1 Å². The topological polar surface area (TPSA) is 134 Å². The molecule has 0 spiro atoms. The molecule has 1 amide bonds. The predicted molar refractivity (Wildman–Crippen MR) is 105 cm³/mol.